The molecule has 0 saturated carbocycles. The Morgan fingerprint density at radius 1 is 1.08 bits per heavy atom. The van der Waals surface area contributed by atoms with Crippen LogP contribution >= 0.6 is 51.8 Å². The molecule has 0 nitrogen and oxygen atoms in total. The van der Waals surface area contributed by atoms with Crippen LogP contribution in [-0.4, -0.2) is 0 Å². The zero-order valence-electron chi connectivity index (χ0n) is 6.06. The van der Waals surface area contributed by atoms with Crippen LogP contribution in [0.15, 0.2) is 18.2 Å². The van der Waals surface area contributed by atoms with Crippen molar-refractivity contribution >= 4 is 51.8 Å². The molecule has 0 aliphatic rings. The van der Waals surface area contributed by atoms with E-state index in [4.69, 9.17) is 34.8 Å². The molecule has 0 spiro atoms. The molecule has 0 aliphatic heterocycles. The van der Waals surface area contributed by atoms with Gasteiger partial charge in [-0.05, 0) is 0 Å². The van der Waals surface area contributed by atoms with E-state index in [0.29, 0.717) is 10.0 Å². The Morgan fingerprint density at radius 3 is 1.83 bits per heavy atom. The average molecular weight is 341 g/mol. The Morgan fingerprint density at radius 2 is 1.50 bits per heavy atom. The molecule has 0 fully saturated rings. The van der Waals surface area contributed by atoms with Gasteiger partial charge in [-0.1, -0.05) is 0 Å². The molecule has 0 aromatic heterocycles. The van der Waals surface area contributed by atoms with Gasteiger partial charge < -0.3 is 0 Å². The van der Waals surface area contributed by atoms with Gasteiger partial charge in [-0.25, -0.2) is 0 Å². The minimum absolute atomic E-state index is 0. The first kappa shape index (κ1) is 13.2. The standard InChI is InChI=1S/C7H4Cl3.BrH.Zn/c8-4-5-1-6(9)3-7(10)2-5;;/h1-4H;1H;. The SMILES string of the molecule is Br.Clc1cc(Cl)cc([CH](Cl)[Zn])c1. The van der Waals surface area contributed by atoms with Crippen LogP contribution in [0.1, 0.15) is 9.53 Å². The van der Waals surface area contributed by atoms with E-state index in [1.54, 1.807) is 6.07 Å². The van der Waals surface area contributed by atoms with Gasteiger partial charge in [-0.15, -0.1) is 17.0 Å². The van der Waals surface area contributed by atoms with Crippen LogP contribution in [0.25, 0.3) is 0 Å². The van der Waals surface area contributed by atoms with Crippen molar-refractivity contribution in [2.75, 3.05) is 0 Å². The molecule has 0 N–H and O–H groups in total. The number of halogens is 4. The maximum absolute atomic E-state index is 5.89. The Kier molecular flexibility index (Phi) is 6.41. The molecule has 63 valence electrons. The summed E-state index contributed by atoms with van der Waals surface area (Å²) >= 11 is 18.4. The molecule has 0 amide bonds. The number of hydrogen-bond donors (Lipinski definition) is 0. The fourth-order valence-corrected chi connectivity index (χ4v) is 1.92. The summed E-state index contributed by atoms with van der Waals surface area (Å²) in [4.78, 5) is 0. The summed E-state index contributed by atoms with van der Waals surface area (Å²) in [5.74, 6) is 0. The predicted octanol–water partition coefficient (Wildman–Crippen LogP) is 4.36. The molecule has 0 aliphatic carbocycles. The van der Waals surface area contributed by atoms with Crippen LogP contribution in [-0.2, 0) is 18.3 Å². The summed E-state index contributed by atoms with van der Waals surface area (Å²) in [5.41, 5.74) is 1.00. The molecule has 1 unspecified atom stereocenters. The molecule has 0 heterocycles. The third-order valence-electron chi connectivity index (χ3n) is 1.25. The third-order valence-corrected chi connectivity index (χ3v) is 2.92. The molecule has 1 aromatic rings. The second-order valence-corrected chi connectivity index (χ2v) is 6.37. The van der Waals surface area contributed by atoms with Crippen molar-refractivity contribution in [2.45, 2.75) is 3.97 Å². The first-order chi connectivity index (χ1) is 5.09. The Hall–Kier alpha value is 1.19. The van der Waals surface area contributed by atoms with Crippen molar-refractivity contribution in [3.63, 3.8) is 0 Å². The Labute approximate surface area is 107 Å². The minimum atomic E-state index is 0. The molecule has 1 aromatic carbocycles. The van der Waals surface area contributed by atoms with Gasteiger partial charge in [0.2, 0.25) is 0 Å². The van der Waals surface area contributed by atoms with Crippen molar-refractivity contribution in [1.82, 2.24) is 0 Å². The Bertz CT molecular complexity index is 245. The predicted molar refractivity (Wildman–Crippen MR) is 55.4 cm³/mol. The van der Waals surface area contributed by atoms with Crippen molar-refractivity contribution in [3.05, 3.63) is 33.8 Å². The summed E-state index contributed by atoms with van der Waals surface area (Å²) in [5, 5.41) is 1.29. The molecule has 1 atom stereocenters. The van der Waals surface area contributed by atoms with E-state index in [1.165, 1.54) is 0 Å². The summed E-state index contributed by atoms with van der Waals surface area (Å²) in [6.07, 6.45) is 0. The third kappa shape index (κ3) is 3.93. The molecule has 0 saturated heterocycles. The number of benzene rings is 1. The first-order valence-electron chi connectivity index (χ1n) is 3.03. The van der Waals surface area contributed by atoms with Crippen LogP contribution in [0.2, 0.25) is 10.0 Å². The molecule has 0 bridgehead atoms. The fraction of sp³-hybridized carbons (Fsp3) is 0.143. The molecule has 5 heteroatoms. The van der Waals surface area contributed by atoms with Gasteiger partial charge in [0.25, 0.3) is 0 Å². The topological polar surface area (TPSA) is 0 Å². The normalized spacial score (nSPS) is 12.1. The second kappa shape index (κ2) is 5.83. The number of hydrogen-bond acceptors (Lipinski definition) is 0. The van der Waals surface area contributed by atoms with E-state index in [-0.39, 0.29) is 21.0 Å². The number of rotatable bonds is 1. The van der Waals surface area contributed by atoms with E-state index in [2.05, 4.69) is 0 Å². The van der Waals surface area contributed by atoms with E-state index in [0.717, 1.165) is 23.9 Å². The average Bonchev–Trinajstić information content (AvgIpc) is 1.85. The summed E-state index contributed by atoms with van der Waals surface area (Å²) in [7, 11) is 0. The van der Waals surface area contributed by atoms with E-state index >= 15 is 0 Å². The molecular weight excluding hydrogens is 336 g/mol. The van der Waals surface area contributed by atoms with Gasteiger partial charge in [0, 0.05) is 0 Å². The van der Waals surface area contributed by atoms with E-state index < -0.39 is 0 Å². The first-order valence-corrected chi connectivity index (χ1v) is 5.93. The maximum atomic E-state index is 5.89. The summed E-state index contributed by atoms with van der Waals surface area (Å²) in [6.45, 7) is 0. The van der Waals surface area contributed by atoms with Gasteiger partial charge in [0.05, 0.1) is 0 Å². The van der Waals surface area contributed by atoms with E-state index in [1.807, 2.05) is 12.1 Å². The van der Waals surface area contributed by atoms with Crippen molar-refractivity contribution < 1.29 is 18.3 Å². The van der Waals surface area contributed by atoms with Gasteiger partial charge in [-0.3, -0.25) is 0 Å². The van der Waals surface area contributed by atoms with Crippen molar-refractivity contribution in [2.24, 2.45) is 0 Å². The van der Waals surface area contributed by atoms with Gasteiger partial charge in [-0.2, -0.15) is 0 Å². The molecule has 1 rings (SSSR count). The van der Waals surface area contributed by atoms with Crippen molar-refractivity contribution in [1.29, 1.82) is 0 Å². The van der Waals surface area contributed by atoms with Crippen molar-refractivity contribution in [3.8, 4) is 0 Å². The molecule has 12 heavy (non-hydrogen) atoms. The monoisotopic (exact) mass is 337 g/mol. The van der Waals surface area contributed by atoms with Crippen LogP contribution in [0.4, 0.5) is 0 Å². The van der Waals surface area contributed by atoms with Gasteiger partial charge in [0.15, 0.2) is 0 Å². The van der Waals surface area contributed by atoms with Gasteiger partial charge >= 0.3 is 90.9 Å². The van der Waals surface area contributed by atoms with E-state index in [9.17, 15) is 0 Å². The molecular formula is C7H5BrCl3Zn. The second-order valence-electron chi connectivity index (χ2n) is 2.17. The quantitative estimate of drug-likeness (QED) is 0.526. The van der Waals surface area contributed by atoms with Crippen LogP contribution < -0.4 is 0 Å². The fourth-order valence-electron chi connectivity index (χ4n) is 0.756. The Balaban J connectivity index is 0.00000121. The summed E-state index contributed by atoms with van der Waals surface area (Å²) < 4.78 is 0.0752. The number of alkyl halides is 1. The van der Waals surface area contributed by atoms with Crippen LogP contribution in [0.5, 0.6) is 0 Å². The zero-order chi connectivity index (χ0) is 8.43. The van der Waals surface area contributed by atoms with Crippen LogP contribution in [0.3, 0.4) is 0 Å². The zero-order valence-corrected chi connectivity index (χ0v) is 13.0. The molecule has 0 radical (unpaired) electrons. The summed E-state index contributed by atoms with van der Waals surface area (Å²) in [6, 6.07) is 5.38. The van der Waals surface area contributed by atoms with Crippen LogP contribution in [0, 0.1) is 0 Å². The van der Waals surface area contributed by atoms with Gasteiger partial charge in [0.1, 0.15) is 0 Å².